The standard InChI is InChI=1S/C4H3F2N3O2S/c5-4(6,2(10)11)1-8-9-3(7)12-1/h(H2,7,9)(H,10,11). The molecule has 66 valence electrons. The Balaban J connectivity index is 3.05. The molecule has 0 atom stereocenters. The number of hydrogen-bond acceptors (Lipinski definition) is 5. The Morgan fingerprint density at radius 3 is 2.50 bits per heavy atom. The SMILES string of the molecule is Nc1nnc(C(F)(F)C(=O)O)s1. The minimum Gasteiger partial charge on any atom is -0.476 e. The monoisotopic (exact) mass is 195 g/mol. The molecule has 0 radical (unpaired) electrons. The highest BCUT2D eigenvalue weighted by molar-refractivity contribution is 7.15. The lowest BCUT2D eigenvalue weighted by Crippen LogP contribution is -2.25. The van der Waals surface area contributed by atoms with Crippen LogP contribution in [0.2, 0.25) is 0 Å². The number of anilines is 1. The van der Waals surface area contributed by atoms with Crippen molar-refractivity contribution in [3.05, 3.63) is 5.01 Å². The normalized spacial score (nSPS) is 11.5. The summed E-state index contributed by atoms with van der Waals surface area (Å²) < 4.78 is 25.1. The van der Waals surface area contributed by atoms with Crippen LogP contribution in [0.15, 0.2) is 0 Å². The highest BCUT2D eigenvalue weighted by Gasteiger charge is 2.44. The lowest BCUT2D eigenvalue weighted by atomic mass is 10.4. The van der Waals surface area contributed by atoms with E-state index in [1.807, 2.05) is 0 Å². The second-order valence-corrected chi connectivity index (χ2v) is 2.83. The fourth-order valence-electron chi connectivity index (χ4n) is 0.453. The number of aliphatic carboxylic acids is 1. The minimum absolute atomic E-state index is 0.189. The summed E-state index contributed by atoms with van der Waals surface area (Å²) in [4.78, 5) is 9.98. The van der Waals surface area contributed by atoms with Gasteiger partial charge in [-0.25, -0.2) is 4.79 Å². The molecule has 0 amide bonds. The van der Waals surface area contributed by atoms with E-state index < -0.39 is 16.9 Å². The minimum atomic E-state index is -4.00. The summed E-state index contributed by atoms with van der Waals surface area (Å²) in [5.41, 5.74) is 4.99. The predicted octanol–water partition coefficient (Wildman–Crippen LogP) is 0.297. The van der Waals surface area contributed by atoms with E-state index in [9.17, 15) is 13.6 Å². The van der Waals surface area contributed by atoms with E-state index in [-0.39, 0.29) is 5.13 Å². The molecule has 0 aliphatic carbocycles. The van der Waals surface area contributed by atoms with Gasteiger partial charge in [0.25, 0.3) is 0 Å². The van der Waals surface area contributed by atoms with Crippen LogP contribution in [0.25, 0.3) is 0 Å². The molecule has 3 N–H and O–H groups in total. The van der Waals surface area contributed by atoms with Crippen LogP contribution in [-0.4, -0.2) is 21.3 Å². The van der Waals surface area contributed by atoms with Crippen molar-refractivity contribution >= 4 is 22.4 Å². The fourth-order valence-corrected chi connectivity index (χ4v) is 1.03. The average molecular weight is 195 g/mol. The molecule has 0 unspecified atom stereocenters. The van der Waals surface area contributed by atoms with E-state index in [4.69, 9.17) is 10.8 Å². The van der Waals surface area contributed by atoms with Crippen molar-refractivity contribution in [3.63, 3.8) is 0 Å². The zero-order valence-electron chi connectivity index (χ0n) is 5.49. The molecular formula is C4H3F2N3O2S. The fraction of sp³-hybridized carbons (Fsp3) is 0.250. The summed E-state index contributed by atoms with van der Waals surface area (Å²) in [6.07, 6.45) is 0. The number of nitrogen functional groups attached to an aromatic ring is 1. The Morgan fingerprint density at radius 1 is 1.58 bits per heavy atom. The van der Waals surface area contributed by atoms with Gasteiger partial charge in [0.05, 0.1) is 0 Å². The molecule has 0 bridgehead atoms. The number of carboxylic acid groups (broad SMARTS) is 1. The average Bonchev–Trinajstić information content (AvgIpc) is 2.35. The maximum Gasteiger partial charge on any atom is 0.395 e. The Morgan fingerprint density at radius 2 is 2.17 bits per heavy atom. The molecular weight excluding hydrogens is 192 g/mol. The third-order valence-corrected chi connectivity index (χ3v) is 1.80. The van der Waals surface area contributed by atoms with Crippen molar-refractivity contribution in [2.45, 2.75) is 5.92 Å². The van der Waals surface area contributed by atoms with Gasteiger partial charge in [0.1, 0.15) is 0 Å². The van der Waals surface area contributed by atoms with E-state index in [2.05, 4.69) is 10.2 Å². The van der Waals surface area contributed by atoms with Gasteiger partial charge < -0.3 is 10.8 Å². The smallest absolute Gasteiger partial charge is 0.395 e. The van der Waals surface area contributed by atoms with Crippen molar-refractivity contribution in [1.82, 2.24) is 10.2 Å². The lowest BCUT2D eigenvalue weighted by Gasteiger charge is -2.04. The summed E-state index contributed by atoms with van der Waals surface area (Å²) in [6, 6.07) is 0. The molecule has 8 heteroatoms. The summed E-state index contributed by atoms with van der Waals surface area (Å²) in [6.45, 7) is 0. The van der Waals surface area contributed by atoms with Gasteiger partial charge in [-0.1, -0.05) is 11.3 Å². The maximum atomic E-state index is 12.5. The van der Waals surface area contributed by atoms with Gasteiger partial charge in [0, 0.05) is 0 Å². The molecule has 1 heterocycles. The second-order valence-electron chi connectivity index (χ2n) is 1.82. The quantitative estimate of drug-likeness (QED) is 0.708. The van der Waals surface area contributed by atoms with Crippen molar-refractivity contribution in [1.29, 1.82) is 0 Å². The van der Waals surface area contributed by atoms with Crippen LogP contribution >= 0.6 is 11.3 Å². The molecule has 0 aliphatic rings. The first-order chi connectivity index (χ1) is 5.44. The first kappa shape index (κ1) is 8.78. The topological polar surface area (TPSA) is 89.1 Å². The number of rotatable bonds is 2. The van der Waals surface area contributed by atoms with Crippen molar-refractivity contribution in [2.24, 2.45) is 0 Å². The van der Waals surface area contributed by atoms with E-state index in [0.29, 0.717) is 11.3 Å². The highest BCUT2D eigenvalue weighted by Crippen LogP contribution is 2.30. The van der Waals surface area contributed by atoms with Gasteiger partial charge in [0.2, 0.25) is 10.1 Å². The van der Waals surface area contributed by atoms with E-state index >= 15 is 0 Å². The first-order valence-electron chi connectivity index (χ1n) is 2.65. The Kier molecular flexibility index (Phi) is 1.92. The Hall–Kier alpha value is -1.31. The molecule has 0 aromatic carbocycles. The molecule has 12 heavy (non-hydrogen) atoms. The van der Waals surface area contributed by atoms with Gasteiger partial charge in [-0.05, 0) is 0 Å². The largest absolute Gasteiger partial charge is 0.476 e. The third kappa shape index (κ3) is 1.33. The highest BCUT2D eigenvalue weighted by atomic mass is 32.1. The molecule has 0 saturated carbocycles. The zero-order chi connectivity index (χ0) is 9.35. The van der Waals surface area contributed by atoms with Crippen molar-refractivity contribution in [2.75, 3.05) is 5.73 Å². The van der Waals surface area contributed by atoms with Crippen LogP contribution in [0, 0.1) is 0 Å². The van der Waals surface area contributed by atoms with Crippen LogP contribution < -0.4 is 5.73 Å². The van der Waals surface area contributed by atoms with Gasteiger partial charge in [-0.2, -0.15) is 8.78 Å². The van der Waals surface area contributed by atoms with E-state index in [1.54, 1.807) is 0 Å². The molecule has 0 saturated heterocycles. The number of nitrogens with zero attached hydrogens (tertiary/aromatic N) is 2. The molecule has 5 nitrogen and oxygen atoms in total. The van der Waals surface area contributed by atoms with Crippen molar-refractivity contribution < 1.29 is 18.7 Å². The maximum absolute atomic E-state index is 12.5. The molecule has 0 fully saturated rings. The van der Waals surface area contributed by atoms with Crippen molar-refractivity contribution in [3.8, 4) is 0 Å². The molecule has 0 aliphatic heterocycles. The number of carboxylic acids is 1. The van der Waals surface area contributed by atoms with Crippen LogP contribution in [0.4, 0.5) is 13.9 Å². The number of hydrogen-bond donors (Lipinski definition) is 2. The van der Waals surface area contributed by atoms with Crippen LogP contribution in [0.5, 0.6) is 0 Å². The molecule has 1 aromatic rings. The number of carbonyl (C=O) groups is 1. The zero-order valence-corrected chi connectivity index (χ0v) is 6.31. The van der Waals surface area contributed by atoms with Gasteiger partial charge >= 0.3 is 11.9 Å². The summed E-state index contributed by atoms with van der Waals surface area (Å²) in [7, 11) is 0. The van der Waals surface area contributed by atoms with E-state index in [0.717, 1.165) is 0 Å². The Labute approximate surface area is 68.8 Å². The van der Waals surface area contributed by atoms with Gasteiger partial charge in [-0.3, -0.25) is 0 Å². The van der Waals surface area contributed by atoms with E-state index in [1.165, 1.54) is 0 Å². The third-order valence-electron chi connectivity index (χ3n) is 0.978. The summed E-state index contributed by atoms with van der Waals surface area (Å²) >= 11 is 0.348. The molecule has 1 rings (SSSR count). The summed E-state index contributed by atoms with van der Waals surface area (Å²) in [5.74, 6) is -6.27. The second kappa shape index (κ2) is 2.63. The lowest BCUT2D eigenvalue weighted by molar-refractivity contribution is -0.166. The van der Waals surface area contributed by atoms with Crippen LogP contribution in [0.1, 0.15) is 5.01 Å². The number of alkyl halides is 2. The first-order valence-corrected chi connectivity index (χ1v) is 3.47. The molecule has 0 spiro atoms. The van der Waals surface area contributed by atoms with Gasteiger partial charge in [0.15, 0.2) is 0 Å². The summed E-state index contributed by atoms with van der Waals surface area (Å²) in [5, 5.41) is 12.9. The van der Waals surface area contributed by atoms with Crippen LogP contribution in [0.3, 0.4) is 0 Å². The number of aromatic nitrogens is 2. The Bertz CT molecular complexity index is 313. The molecule has 1 aromatic heterocycles. The predicted molar refractivity (Wildman–Crippen MR) is 35.9 cm³/mol. The van der Waals surface area contributed by atoms with Gasteiger partial charge in [-0.15, -0.1) is 10.2 Å². The number of nitrogens with two attached hydrogens (primary N) is 1. The van der Waals surface area contributed by atoms with Crippen LogP contribution in [-0.2, 0) is 10.7 Å². The number of halogens is 2.